The van der Waals surface area contributed by atoms with Crippen molar-refractivity contribution in [3.8, 4) is 33.6 Å². The van der Waals surface area contributed by atoms with E-state index >= 15 is 0 Å². The molecule has 0 saturated carbocycles. The molecule has 3 heteroatoms. The summed E-state index contributed by atoms with van der Waals surface area (Å²) in [6, 6.07) is 67.6. The number of para-hydroxylation sites is 2. The molecule has 8 aromatic carbocycles. The highest BCUT2D eigenvalue weighted by Crippen LogP contribution is 2.53. The van der Waals surface area contributed by atoms with Crippen LogP contribution in [0.3, 0.4) is 0 Å². The van der Waals surface area contributed by atoms with Crippen LogP contribution in [0.25, 0.3) is 66.3 Å². The van der Waals surface area contributed by atoms with Crippen molar-refractivity contribution in [3.63, 3.8) is 0 Å². The van der Waals surface area contributed by atoms with Crippen molar-refractivity contribution in [3.05, 3.63) is 210 Å². The molecule has 59 heavy (non-hydrogen) atoms. The van der Waals surface area contributed by atoms with Crippen molar-refractivity contribution in [2.75, 3.05) is 4.90 Å². The SMILES string of the molecule is CC1(C)c2ccccc2-c2ccc(N(c3ccc4c(c3)C(C)(C)c3ccccc3-4)c3ccc4c(c3)c3c5ccn(-c6ccccc6)c5ccc3n4-c3ccccc3)cc21. The van der Waals surface area contributed by atoms with Gasteiger partial charge in [0.2, 0.25) is 0 Å². The zero-order valence-corrected chi connectivity index (χ0v) is 33.7. The molecule has 0 saturated heterocycles. The first-order valence-corrected chi connectivity index (χ1v) is 20.8. The van der Waals surface area contributed by atoms with E-state index in [9.17, 15) is 0 Å². The van der Waals surface area contributed by atoms with Gasteiger partial charge in [-0.3, -0.25) is 0 Å². The average molecular weight is 758 g/mol. The van der Waals surface area contributed by atoms with Gasteiger partial charge in [0.25, 0.3) is 0 Å². The molecule has 0 N–H and O–H groups in total. The number of hydrogen-bond donors (Lipinski definition) is 0. The van der Waals surface area contributed by atoms with Crippen molar-refractivity contribution in [1.82, 2.24) is 9.13 Å². The highest BCUT2D eigenvalue weighted by atomic mass is 15.1. The Labute approximate surface area is 345 Å². The van der Waals surface area contributed by atoms with E-state index in [0.29, 0.717) is 0 Å². The van der Waals surface area contributed by atoms with Crippen LogP contribution < -0.4 is 4.90 Å². The molecular formula is C56H43N3. The third-order valence-corrected chi connectivity index (χ3v) is 13.5. The van der Waals surface area contributed by atoms with Crippen molar-refractivity contribution in [1.29, 1.82) is 0 Å². The molecule has 12 rings (SSSR count). The summed E-state index contributed by atoms with van der Waals surface area (Å²) in [5.41, 5.74) is 19.9. The van der Waals surface area contributed by atoms with Gasteiger partial charge in [-0.15, -0.1) is 0 Å². The van der Waals surface area contributed by atoms with Crippen molar-refractivity contribution < 1.29 is 0 Å². The van der Waals surface area contributed by atoms with Crippen LogP contribution in [0.4, 0.5) is 17.1 Å². The van der Waals surface area contributed by atoms with Gasteiger partial charge in [-0.25, -0.2) is 0 Å². The van der Waals surface area contributed by atoms with E-state index in [0.717, 1.165) is 28.4 Å². The van der Waals surface area contributed by atoms with E-state index in [1.165, 1.54) is 77.2 Å². The second kappa shape index (κ2) is 12.2. The summed E-state index contributed by atoms with van der Waals surface area (Å²) in [4.78, 5) is 2.50. The molecule has 0 aliphatic heterocycles. The maximum absolute atomic E-state index is 2.50. The van der Waals surface area contributed by atoms with Crippen LogP contribution in [0.1, 0.15) is 49.9 Å². The number of rotatable bonds is 5. The third kappa shape index (κ3) is 4.76. The van der Waals surface area contributed by atoms with Gasteiger partial charge in [-0.1, -0.05) is 125 Å². The lowest BCUT2D eigenvalue weighted by Crippen LogP contribution is -2.18. The maximum atomic E-state index is 2.50. The van der Waals surface area contributed by atoms with Crippen LogP contribution in [0.15, 0.2) is 188 Å². The summed E-state index contributed by atoms with van der Waals surface area (Å²) in [7, 11) is 0. The molecule has 0 unspecified atom stereocenters. The lowest BCUT2D eigenvalue weighted by molar-refractivity contribution is 0.660. The summed E-state index contributed by atoms with van der Waals surface area (Å²) in [6.07, 6.45) is 2.22. The standard InChI is InChI=1S/C56H43N3/c1-55(2)47-21-13-11-19-41(47)43-26-23-39(34-49(43)55)58(40-24-27-44-42-20-12-14-22-48(42)56(3,4)50(44)35-40)38-25-28-52-46(33-38)54-45-31-32-57(36-15-7-5-8-16-36)51(45)29-30-53(54)59(52)37-17-9-6-10-18-37/h5-35H,1-4H3. The Hall–Kier alpha value is -7.10. The van der Waals surface area contributed by atoms with Crippen LogP contribution in [-0.2, 0) is 10.8 Å². The molecule has 2 heterocycles. The number of hydrogen-bond acceptors (Lipinski definition) is 1. The Balaban J connectivity index is 1.12. The highest BCUT2D eigenvalue weighted by Gasteiger charge is 2.38. The Kier molecular flexibility index (Phi) is 7.03. The quantitative estimate of drug-likeness (QED) is 0.170. The topological polar surface area (TPSA) is 13.1 Å². The summed E-state index contributed by atoms with van der Waals surface area (Å²) < 4.78 is 4.74. The summed E-state index contributed by atoms with van der Waals surface area (Å²) >= 11 is 0. The van der Waals surface area contributed by atoms with Crippen molar-refractivity contribution >= 4 is 49.8 Å². The van der Waals surface area contributed by atoms with E-state index in [2.05, 4.69) is 230 Å². The van der Waals surface area contributed by atoms with E-state index in [1.54, 1.807) is 0 Å². The Bertz CT molecular complexity index is 3220. The fraction of sp³-hybridized carbons (Fsp3) is 0.107. The summed E-state index contributed by atoms with van der Waals surface area (Å²) in [6.45, 7) is 9.49. The number of anilines is 3. The molecule has 2 aliphatic rings. The van der Waals surface area contributed by atoms with Gasteiger partial charge in [0.15, 0.2) is 0 Å². The average Bonchev–Trinajstić information content (AvgIpc) is 3.98. The number of nitrogens with zero attached hydrogens (tertiary/aromatic N) is 3. The molecule has 0 spiro atoms. The lowest BCUT2D eigenvalue weighted by Gasteiger charge is -2.30. The van der Waals surface area contributed by atoms with Gasteiger partial charge in [-0.2, -0.15) is 0 Å². The summed E-state index contributed by atoms with van der Waals surface area (Å²) in [5, 5.41) is 3.73. The first kappa shape index (κ1) is 34.0. The molecule has 3 nitrogen and oxygen atoms in total. The second-order valence-electron chi connectivity index (χ2n) is 17.4. The predicted molar refractivity (Wildman–Crippen MR) is 247 cm³/mol. The minimum absolute atomic E-state index is 0.125. The number of fused-ring (bicyclic) bond motifs is 11. The second-order valence-corrected chi connectivity index (χ2v) is 17.4. The Morgan fingerprint density at radius 3 is 1.46 bits per heavy atom. The van der Waals surface area contributed by atoms with Crippen LogP contribution in [-0.4, -0.2) is 9.13 Å². The monoisotopic (exact) mass is 757 g/mol. The van der Waals surface area contributed by atoms with E-state index in [4.69, 9.17) is 0 Å². The highest BCUT2D eigenvalue weighted by molar-refractivity contribution is 6.22. The molecule has 0 bridgehead atoms. The van der Waals surface area contributed by atoms with Gasteiger partial charge < -0.3 is 14.0 Å². The molecule has 10 aromatic rings. The van der Waals surface area contributed by atoms with Gasteiger partial charge >= 0.3 is 0 Å². The van der Waals surface area contributed by atoms with E-state index < -0.39 is 0 Å². The Morgan fingerprint density at radius 2 is 0.847 bits per heavy atom. The first-order chi connectivity index (χ1) is 28.8. The van der Waals surface area contributed by atoms with Crippen molar-refractivity contribution in [2.45, 2.75) is 38.5 Å². The van der Waals surface area contributed by atoms with Gasteiger partial charge in [-0.05, 0) is 129 Å². The van der Waals surface area contributed by atoms with Gasteiger partial charge in [0, 0.05) is 61.6 Å². The predicted octanol–water partition coefficient (Wildman–Crippen LogP) is 14.8. The van der Waals surface area contributed by atoms with Crippen LogP contribution >= 0.6 is 0 Å². The zero-order chi connectivity index (χ0) is 39.6. The fourth-order valence-electron chi connectivity index (χ4n) is 10.6. The molecule has 0 amide bonds. The van der Waals surface area contributed by atoms with Gasteiger partial charge in [0.1, 0.15) is 0 Å². The van der Waals surface area contributed by atoms with Crippen LogP contribution in [0, 0.1) is 0 Å². The molecule has 2 aliphatic carbocycles. The van der Waals surface area contributed by atoms with E-state index in [-0.39, 0.29) is 10.8 Å². The maximum Gasteiger partial charge on any atom is 0.0548 e. The van der Waals surface area contributed by atoms with Crippen molar-refractivity contribution in [2.24, 2.45) is 0 Å². The summed E-state index contributed by atoms with van der Waals surface area (Å²) in [5.74, 6) is 0. The molecule has 0 fully saturated rings. The lowest BCUT2D eigenvalue weighted by atomic mass is 9.82. The normalized spacial score (nSPS) is 14.4. The fourth-order valence-corrected chi connectivity index (χ4v) is 10.6. The number of aromatic nitrogens is 2. The zero-order valence-electron chi connectivity index (χ0n) is 33.7. The molecule has 2 aromatic heterocycles. The van der Waals surface area contributed by atoms with E-state index in [1.807, 2.05) is 0 Å². The van der Waals surface area contributed by atoms with Crippen LogP contribution in [0.5, 0.6) is 0 Å². The minimum atomic E-state index is -0.125. The first-order valence-electron chi connectivity index (χ1n) is 20.8. The molecular weight excluding hydrogens is 715 g/mol. The largest absolute Gasteiger partial charge is 0.317 e. The minimum Gasteiger partial charge on any atom is -0.317 e. The molecule has 282 valence electrons. The van der Waals surface area contributed by atoms with Crippen LogP contribution in [0.2, 0.25) is 0 Å². The number of benzene rings is 8. The molecule has 0 radical (unpaired) electrons. The smallest absolute Gasteiger partial charge is 0.0548 e. The Morgan fingerprint density at radius 1 is 0.373 bits per heavy atom. The van der Waals surface area contributed by atoms with Gasteiger partial charge in [0.05, 0.1) is 16.6 Å². The molecule has 0 atom stereocenters. The third-order valence-electron chi connectivity index (χ3n) is 13.5.